The van der Waals surface area contributed by atoms with Gasteiger partial charge in [0.05, 0.1) is 5.60 Å². The van der Waals surface area contributed by atoms with Crippen LogP contribution in [0.25, 0.3) is 0 Å². The van der Waals surface area contributed by atoms with Crippen LogP contribution in [-0.2, 0) is 0 Å². The van der Waals surface area contributed by atoms with Crippen LogP contribution in [0.4, 0.5) is 4.39 Å². The van der Waals surface area contributed by atoms with E-state index in [-0.39, 0.29) is 10.6 Å². The lowest BCUT2D eigenvalue weighted by Gasteiger charge is -2.38. The lowest BCUT2D eigenvalue weighted by atomic mass is 9.75. The van der Waals surface area contributed by atoms with Gasteiger partial charge in [0.2, 0.25) is 0 Å². The van der Waals surface area contributed by atoms with Crippen molar-refractivity contribution in [3.63, 3.8) is 0 Å². The first kappa shape index (κ1) is 13.8. The van der Waals surface area contributed by atoms with Gasteiger partial charge in [0.25, 0.3) is 0 Å². The number of hydrogen-bond acceptors (Lipinski definition) is 2. The molecule has 0 aliphatic heterocycles. The maximum Gasteiger partial charge on any atom is 0.130 e. The molecule has 2 rings (SSSR count). The molecule has 2 N–H and O–H groups in total. The molecule has 1 aromatic rings. The molecule has 1 atom stereocenters. The van der Waals surface area contributed by atoms with Gasteiger partial charge in [-0.25, -0.2) is 4.39 Å². The summed E-state index contributed by atoms with van der Waals surface area (Å²) in [5.41, 5.74) is -1.26. The van der Waals surface area contributed by atoms with Crippen molar-refractivity contribution in [1.82, 2.24) is 0 Å². The van der Waals surface area contributed by atoms with Crippen LogP contribution in [0.1, 0.15) is 44.3 Å². The van der Waals surface area contributed by atoms with Gasteiger partial charge in [0.1, 0.15) is 11.9 Å². The summed E-state index contributed by atoms with van der Waals surface area (Å²) in [5, 5.41) is 20.9. The van der Waals surface area contributed by atoms with Crippen LogP contribution >= 0.6 is 11.6 Å². The molecule has 0 heterocycles. The van der Waals surface area contributed by atoms with Crippen LogP contribution in [0.15, 0.2) is 18.2 Å². The van der Waals surface area contributed by atoms with E-state index in [2.05, 4.69) is 6.92 Å². The van der Waals surface area contributed by atoms with Crippen LogP contribution in [-0.4, -0.2) is 15.8 Å². The van der Waals surface area contributed by atoms with E-state index < -0.39 is 17.5 Å². The average molecular weight is 273 g/mol. The summed E-state index contributed by atoms with van der Waals surface area (Å²) >= 11 is 5.92. The number of rotatable bonds is 2. The van der Waals surface area contributed by atoms with Gasteiger partial charge in [0, 0.05) is 10.6 Å². The standard InChI is InChI=1S/C14H18ClFO2/c1-9-5-7-14(18,8-6-9)13(17)12-10(15)3-2-4-11(12)16/h2-4,9,13,17-18H,5-8H2,1H3. The number of aliphatic hydroxyl groups is 2. The predicted octanol–water partition coefficient (Wildman–Crippen LogP) is 3.45. The Kier molecular flexibility index (Phi) is 3.95. The van der Waals surface area contributed by atoms with Gasteiger partial charge in [-0.05, 0) is 43.7 Å². The summed E-state index contributed by atoms with van der Waals surface area (Å²) in [6, 6.07) is 4.26. The number of benzene rings is 1. The highest BCUT2D eigenvalue weighted by molar-refractivity contribution is 6.31. The van der Waals surface area contributed by atoms with Crippen LogP contribution in [0.5, 0.6) is 0 Å². The van der Waals surface area contributed by atoms with E-state index in [9.17, 15) is 14.6 Å². The molecule has 0 aromatic heterocycles. The summed E-state index contributed by atoms with van der Waals surface area (Å²) < 4.78 is 13.7. The Balaban J connectivity index is 2.28. The smallest absolute Gasteiger partial charge is 0.130 e. The Morgan fingerprint density at radius 2 is 2.00 bits per heavy atom. The van der Waals surface area contributed by atoms with Crippen molar-refractivity contribution in [3.8, 4) is 0 Å². The maximum absolute atomic E-state index is 13.7. The van der Waals surface area contributed by atoms with Crippen LogP contribution in [0.2, 0.25) is 5.02 Å². The molecule has 1 unspecified atom stereocenters. The van der Waals surface area contributed by atoms with E-state index >= 15 is 0 Å². The highest BCUT2D eigenvalue weighted by Crippen LogP contribution is 2.42. The molecule has 1 aromatic carbocycles. The summed E-state index contributed by atoms with van der Waals surface area (Å²) in [6.45, 7) is 2.11. The van der Waals surface area contributed by atoms with Crippen LogP contribution < -0.4 is 0 Å². The third-order valence-corrected chi connectivity index (χ3v) is 4.25. The fourth-order valence-corrected chi connectivity index (χ4v) is 2.84. The molecule has 0 radical (unpaired) electrons. The zero-order chi connectivity index (χ0) is 13.3. The Labute approximate surface area is 111 Å². The highest BCUT2D eigenvalue weighted by Gasteiger charge is 2.41. The van der Waals surface area contributed by atoms with Crippen molar-refractivity contribution in [2.24, 2.45) is 5.92 Å². The fourth-order valence-electron chi connectivity index (χ4n) is 2.58. The fraction of sp³-hybridized carbons (Fsp3) is 0.571. The van der Waals surface area contributed by atoms with E-state index in [4.69, 9.17) is 11.6 Å². The minimum absolute atomic E-state index is 0.0104. The average Bonchev–Trinajstić information content (AvgIpc) is 2.33. The first-order valence-electron chi connectivity index (χ1n) is 6.28. The Hall–Kier alpha value is -0.640. The van der Waals surface area contributed by atoms with E-state index in [0.29, 0.717) is 18.8 Å². The normalized spacial score (nSPS) is 30.2. The van der Waals surface area contributed by atoms with Gasteiger partial charge in [-0.15, -0.1) is 0 Å². The lowest BCUT2D eigenvalue weighted by Crippen LogP contribution is -2.40. The number of halogens is 2. The molecular weight excluding hydrogens is 255 g/mol. The van der Waals surface area contributed by atoms with E-state index in [0.717, 1.165) is 12.8 Å². The van der Waals surface area contributed by atoms with Crippen molar-refractivity contribution in [1.29, 1.82) is 0 Å². The third kappa shape index (κ3) is 2.53. The van der Waals surface area contributed by atoms with Gasteiger partial charge in [0.15, 0.2) is 0 Å². The summed E-state index contributed by atoms with van der Waals surface area (Å²) in [4.78, 5) is 0. The second-order valence-electron chi connectivity index (χ2n) is 5.32. The lowest BCUT2D eigenvalue weighted by molar-refractivity contribution is -0.106. The molecule has 0 saturated heterocycles. The summed E-state index contributed by atoms with van der Waals surface area (Å²) in [6.07, 6.45) is 1.35. The van der Waals surface area contributed by atoms with Gasteiger partial charge in [-0.1, -0.05) is 24.6 Å². The van der Waals surface area contributed by atoms with Crippen molar-refractivity contribution >= 4 is 11.6 Å². The van der Waals surface area contributed by atoms with Crippen molar-refractivity contribution in [2.45, 2.75) is 44.3 Å². The Morgan fingerprint density at radius 3 is 2.56 bits per heavy atom. The zero-order valence-electron chi connectivity index (χ0n) is 10.4. The second kappa shape index (κ2) is 5.16. The number of aliphatic hydroxyl groups excluding tert-OH is 1. The first-order valence-corrected chi connectivity index (χ1v) is 6.66. The van der Waals surface area contributed by atoms with Crippen molar-refractivity contribution in [2.75, 3.05) is 0 Å². The maximum atomic E-state index is 13.7. The van der Waals surface area contributed by atoms with Crippen molar-refractivity contribution in [3.05, 3.63) is 34.6 Å². The van der Waals surface area contributed by atoms with Gasteiger partial charge in [-0.2, -0.15) is 0 Å². The molecule has 100 valence electrons. The monoisotopic (exact) mass is 272 g/mol. The summed E-state index contributed by atoms with van der Waals surface area (Å²) in [5.74, 6) is -0.0318. The quantitative estimate of drug-likeness (QED) is 0.866. The topological polar surface area (TPSA) is 40.5 Å². The predicted molar refractivity (Wildman–Crippen MR) is 69.0 cm³/mol. The van der Waals surface area contributed by atoms with Gasteiger partial charge < -0.3 is 10.2 Å². The molecule has 0 spiro atoms. The third-order valence-electron chi connectivity index (χ3n) is 3.92. The first-order chi connectivity index (χ1) is 8.44. The van der Waals surface area contributed by atoms with Crippen molar-refractivity contribution < 1.29 is 14.6 Å². The minimum Gasteiger partial charge on any atom is -0.387 e. The largest absolute Gasteiger partial charge is 0.387 e. The van der Waals surface area contributed by atoms with Crippen LogP contribution in [0.3, 0.4) is 0 Å². The molecule has 4 heteroatoms. The molecule has 0 bridgehead atoms. The molecule has 1 fully saturated rings. The molecular formula is C14H18ClFO2. The van der Waals surface area contributed by atoms with Gasteiger partial charge >= 0.3 is 0 Å². The van der Waals surface area contributed by atoms with E-state index in [1.54, 1.807) is 0 Å². The minimum atomic E-state index is -1.27. The molecule has 2 nitrogen and oxygen atoms in total. The van der Waals surface area contributed by atoms with E-state index in [1.165, 1.54) is 18.2 Å². The second-order valence-corrected chi connectivity index (χ2v) is 5.73. The van der Waals surface area contributed by atoms with Crippen LogP contribution in [0, 0.1) is 11.7 Å². The molecule has 1 aliphatic carbocycles. The molecule has 1 aliphatic rings. The van der Waals surface area contributed by atoms with Gasteiger partial charge in [-0.3, -0.25) is 0 Å². The summed E-state index contributed by atoms with van der Waals surface area (Å²) in [7, 11) is 0. The number of hydrogen-bond donors (Lipinski definition) is 2. The highest BCUT2D eigenvalue weighted by atomic mass is 35.5. The zero-order valence-corrected chi connectivity index (χ0v) is 11.1. The Bertz CT molecular complexity index is 408. The molecule has 18 heavy (non-hydrogen) atoms. The molecule has 0 amide bonds. The van der Waals surface area contributed by atoms with E-state index in [1.807, 2.05) is 0 Å². The SMILES string of the molecule is CC1CCC(O)(C(O)c2c(F)cccc2Cl)CC1. The Morgan fingerprint density at radius 1 is 1.39 bits per heavy atom. The molecule has 1 saturated carbocycles.